The molecule has 8 nitrogen and oxygen atoms in total. The lowest BCUT2D eigenvalue weighted by atomic mass is 10.1. The molecule has 0 bridgehead atoms. The van der Waals surface area contributed by atoms with Gasteiger partial charge in [-0.2, -0.15) is 0 Å². The molecule has 2 amide bonds. The highest BCUT2D eigenvalue weighted by molar-refractivity contribution is 6.32. The van der Waals surface area contributed by atoms with E-state index in [0.717, 1.165) is 17.5 Å². The maximum absolute atomic E-state index is 12.1. The maximum Gasteiger partial charge on any atom is 0.635 e. The summed E-state index contributed by atoms with van der Waals surface area (Å²) in [6, 6.07) is 7.52. The molecule has 3 N–H and O–H groups in total. The lowest BCUT2D eigenvalue weighted by Gasteiger charge is -2.21. The van der Waals surface area contributed by atoms with E-state index in [1.54, 1.807) is 12.0 Å². The summed E-state index contributed by atoms with van der Waals surface area (Å²) < 4.78 is 10.0. The molecule has 1 aliphatic heterocycles. The number of carbonyl (C=O) groups is 2. The zero-order valence-electron chi connectivity index (χ0n) is 14.9. The molecule has 0 aromatic heterocycles. The minimum Gasteiger partial charge on any atom is -0.402 e. The number of ether oxygens (including phenoxy) is 1. The molecule has 0 spiro atoms. The van der Waals surface area contributed by atoms with Crippen LogP contribution in [0.4, 0.5) is 0 Å². The quantitative estimate of drug-likeness (QED) is 0.393. The highest BCUT2D eigenvalue weighted by atomic mass is 16.6. The first-order valence-electron chi connectivity index (χ1n) is 8.63. The van der Waals surface area contributed by atoms with Crippen molar-refractivity contribution in [2.75, 3.05) is 20.2 Å². The number of benzene rings is 1. The summed E-state index contributed by atoms with van der Waals surface area (Å²) in [5.41, 5.74) is 1.88. The number of carbonyl (C=O) groups excluding carboxylic acids is 2. The minimum absolute atomic E-state index is 0.0625. The normalized spacial score (nSPS) is 15.2. The van der Waals surface area contributed by atoms with E-state index in [0.29, 0.717) is 26.1 Å². The number of rotatable bonds is 10. The molecule has 26 heavy (non-hydrogen) atoms. The molecule has 0 saturated carbocycles. The van der Waals surface area contributed by atoms with E-state index < -0.39 is 13.5 Å². The van der Waals surface area contributed by atoms with Gasteiger partial charge in [-0.3, -0.25) is 9.59 Å². The third-order valence-corrected chi connectivity index (χ3v) is 4.14. The first-order valence-corrected chi connectivity index (χ1v) is 8.63. The Kier molecular flexibility index (Phi) is 8.05. The average molecular weight is 364 g/mol. The van der Waals surface area contributed by atoms with Crippen molar-refractivity contribution in [3.05, 3.63) is 35.4 Å². The number of likely N-dealkylation sites (tertiary alicyclic amines) is 1. The molecule has 1 aromatic carbocycles. The molecule has 2 rings (SSSR count). The van der Waals surface area contributed by atoms with E-state index in [2.05, 4.69) is 5.32 Å². The van der Waals surface area contributed by atoms with Gasteiger partial charge >= 0.3 is 7.32 Å². The Morgan fingerprint density at radius 3 is 2.58 bits per heavy atom. The summed E-state index contributed by atoms with van der Waals surface area (Å²) in [6.45, 7) is 1.53. The van der Waals surface area contributed by atoms with Crippen LogP contribution in [0.5, 0.6) is 0 Å². The fraction of sp³-hybridized carbons (Fsp3) is 0.529. The van der Waals surface area contributed by atoms with Crippen molar-refractivity contribution in [3.8, 4) is 0 Å². The van der Waals surface area contributed by atoms with Crippen LogP contribution in [0.15, 0.2) is 24.3 Å². The fourth-order valence-electron chi connectivity index (χ4n) is 2.86. The van der Waals surface area contributed by atoms with Gasteiger partial charge < -0.3 is 29.7 Å². The monoisotopic (exact) mass is 364 g/mol. The van der Waals surface area contributed by atoms with Crippen LogP contribution in [0.1, 0.15) is 30.4 Å². The van der Waals surface area contributed by atoms with E-state index >= 15 is 0 Å². The Morgan fingerprint density at radius 2 is 2.00 bits per heavy atom. The second-order valence-electron chi connectivity index (χ2n) is 6.21. The standard InChI is InChI=1S/C17H25BN2O6/c1-25-12-14-6-4-13(5-7-14)11-16(26-18(23)24)19-15(21)8-10-20-9-2-3-17(20)22/h4-7,16,23-24H,2-3,8-12H2,1H3,(H,19,21)/t16-/m1/s1. The zero-order chi connectivity index (χ0) is 18.9. The number of hydrogen-bond acceptors (Lipinski definition) is 6. The highest BCUT2D eigenvalue weighted by Crippen LogP contribution is 2.11. The predicted octanol–water partition coefficient (Wildman–Crippen LogP) is -0.184. The third kappa shape index (κ3) is 6.76. The van der Waals surface area contributed by atoms with Gasteiger partial charge in [0.1, 0.15) is 6.23 Å². The van der Waals surface area contributed by atoms with Gasteiger partial charge in [0.05, 0.1) is 6.61 Å². The molecule has 0 aliphatic carbocycles. The minimum atomic E-state index is -1.99. The topological polar surface area (TPSA) is 108 Å². The zero-order valence-corrected chi connectivity index (χ0v) is 14.9. The molecule has 1 atom stereocenters. The van der Waals surface area contributed by atoms with Crippen LogP contribution in [-0.4, -0.2) is 60.5 Å². The van der Waals surface area contributed by atoms with Crippen molar-refractivity contribution < 1.29 is 29.0 Å². The lowest BCUT2D eigenvalue weighted by molar-refractivity contribution is -0.129. The Balaban J connectivity index is 1.87. The van der Waals surface area contributed by atoms with Gasteiger partial charge in [0.15, 0.2) is 0 Å². The smallest absolute Gasteiger partial charge is 0.402 e. The molecule has 1 saturated heterocycles. The third-order valence-electron chi connectivity index (χ3n) is 4.14. The van der Waals surface area contributed by atoms with Crippen LogP contribution in [0, 0.1) is 0 Å². The molecule has 0 radical (unpaired) electrons. The van der Waals surface area contributed by atoms with Crippen LogP contribution in [0.25, 0.3) is 0 Å². The fourth-order valence-corrected chi connectivity index (χ4v) is 2.86. The number of amides is 2. The predicted molar refractivity (Wildman–Crippen MR) is 94.5 cm³/mol. The van der Waals surface area contributed by atoms with Crippen LogP contribution >= 0.6 is 0 Å². The molecule has 1 heterocycles. The largest absolute Gasteiger partial charge is 0.635 e. The number of methoxy groups -OCH3 is 1. The van der Waals surface area contributed by atoms with Crippen LogP contribution in [-0.2, 0) is 32.0 Å². The molecule has 142 valence electrons. The van der Waals surface area contributed by atoms with E-state index in [1.807, 2.05) is 24.3 Å². The van der Waals surface area contributed by atoms with Crippen molar-refractivity contribution in [2.45, 2.75) is 38.5 Å². The number of nitrogens with zero attached hydrogens (tertiary/aromatic N) is 1. The van der Waals surface area contributed by atoms with Crippen molar-refractivity contribution in [2.24, 2.45) is 0 Å². The van der Waals surface area contributed by atoms with Gasteiger partial charge in [0, 0.05) is 39.5 Å². The van der Waals surface area contributed by atoms with Gasteiger partial charge in [0.25, 0.3) is 0 Å². The molecule has 0 unspecified atom stereocenters. The second kappa shape index (κ2) is 10.3. The maximum atomic E-state index is 12.1. The van der Waals surface area contributed by atoms with Crippen molar-refractivity contribution in [1.29, 1.82) is 0 Å². The van der Waals surface area contributed by atoms with Crippen molar-refractivity contribution in [3.63, 3.8) is 0 Å². The first kappa shape index (κ1) is 20.4. The summed E-state index contributed by atoms with van der Waals surface area (Å²) >= 11 is 0. The number of nitrogens with one attached hydrogen (secondary N) is 1. The van der Waals surface area contributed by atoms with Crippen molar-refractivity contribution in [1.82, 2.24) is 10.2 Å². The Morgan fingerprint density at radius 1 is 1.31 bits per heavy atom. The molecule has 9 heteroatoms. The van der Waals surface area contributed by atoms with E-state index in [4.69, 9.17) is 19.4 Å². The van der Waals surface area contributed by atoms with E-state index in [9.17, 15) is 9.59 Å². The summed E-state index contributed by atoms with van der Waals surface area (Å²) in [6.07, 6.45) is 0.884. The summed E-state index contributed by atoms with van der Waals surface area (Å²) in [7, 11) is -0.376. The average Bonchev–Trinajstić information content (AvgIpc) is 2.99. The van der Waals surface area contributed by atoms with Crippen LogP contribution in [0.2, 0.25) is 0 Å². The Labute approximate surface area is 153 Å². The Hall–Kier alpha value is -1.94. The van der Waals surface area contributed by atoms with Crippen molar-refractivity contribution >= 4 is 19.1 Å². The summed E-state index contributed by atoms with van der Waals surface area (Å²) in [5.74, 6) is -0.251. The van der Waals surface area contributed by atoms with Gasteiger partial charge in [-0.25, -0.2) is 0 Å². The Bertz CT molecular complexity index is 595. The molecule has 1 aromatic rings. The van der Waals surface area contributed by atoms with Crippen LogP contribution < -0.4 is 5.32 Å². The SMILES string of the molecule is COCc1ccc(C[C@H](NC(=O)CCN2CCCC2=O)OB(O)O)cc1. The van der Waals surface area contributed by atoms with Gasteiger partial charge in [-0.1, -0.05) is 24.3 Å². The molecular weight excluding hydrogens is 339 g/mol. The summed E-state index contributed by atoms with van der Waals surface area (Å²) in [4.78, 5) is 25.3. The van der Waals surface area contributed by atoms with E-state index in [-0.39, 0.29) is 24.7 Å². The van der Waals surface area contributed by atoms with Gasteiger partial charge in [-0.05, 0) is 17.5 Å². The van der Waals surface area contributed by atoms with Gasteiger partial charge in [-0.15, -0.1) is 0 Å². The molecular formula is C17H25BN2O6. The van der Waals surface area contributed by atoms with Crippen LogP contribution in [0.3, 0.4) is 0 Å². The highest BCUT2D eigenvalue weighted by Gasteiger charge is 2.23. The molecule has 1 aliphatic rings. The lowest BCUT2D eigenvalue weighted by Crippen LogP contribution is -2.43. The van der Waals surface area contributed by atoms with Gasteiger partial charge in [0.2, 0.25) is 11.8 Å². The first-order chi connectivity index (χ1) is 12.5. The number of hydrogen-bond donors (Lipinski definition) is 3. The second-order valence-corrected chi connectivity index (χ2v) is 6.21. The molecule has 1 fully saturated rings. The van der Waals surface area contributed by atoms with E-state index in [1.165, 1.54) is 0 Å². The summed E-state index contributed by atoms with van der Waals surface area (Å²) in [5, 5.41) is 20.8.